The van der Waals surface area contributed by atoms with Gasteiger partial charge in [-0.2, -0.15) is 0 Å². The molecule has 10 heteroatoms. The molecule has 1 aliphatic rings. The molecule has 2 amide bonds. The number of hydrogen-bond acceptors (Lipinski definition) is 3. The van der Waals surface area contributed by atoms with Crippen molar-refractivity contribution in [1.82, 2.24) is 0 Å². The molecule has 0 bridgehead atoms. The number of anilines is 3. The summed E-state index contributed by atoms with van der Waals surface area (Å²) in [7, 11) is 1.82. The maximum Gasteiger partial charge on any atom is 0.257 e. The minimum atomic E-state index is -1.32. The number of alkyl halides is 2. The van der Waals surface area contributed by atoms with Gasteiger partial charge >= 0.3 is 0 Å². The van der Waals surface area contributed by atoms with Crippen LogP contribution in [0.25, 0.3) is 0 Å². The highest BCUT2D eigenvalue weighted by Crippen LogP contribution is 2.65. The maximum atomic E-state index is 13.0. The summed E-state index contributed by atoms with van der Waals surface area (Å²) in [5, 5.41) is 9.77. The number of carbonyl (C=O) groups excluding carboxylic acids is 2. The SMILES string of the molecule is CNc1ccc(NC(=O)c2cc(NC(=O)C3C(c4cc(Cl)cc(Cl)c4)C3(Cl)Cl)ccc2Cl)c(C)c1. The Morgan fingerprint density at radius 1 is 0.857 bits per heavy atom. The molecule has 3 N–H and O–H groups in total. The van der Waals surface area contributed by atoms with Gasteiger partial charge in [0.25, 0.3) is 5.91 Å². The van der Waals surface area contributed by atoms with Gasteiger partial charge in [-0.25, -0.2) is 0 Å². The van der Waals surface area contributed by atoms with Gasteiger partial charge in [-0.15, -0.1) is 23.2 Å². The molecule has 3 aromatic carbocycles. The molecule has 1 saturated carbocycles. The van der Waals surface area contributed by atoms with E-state index < -0.39 is 28.0 Å². The Balaban J connectivity index is 1.51. The van der Waals surface area contributed by atoms with Crippen molar-refractivity contribution in [2.75, 3.05) is 23.0 Å². The molecule has 4 rings (SSSR count). The van der Waals surface area contributed by atoms with Crippen LogP contribution in [0, 0.1) is 12.8 Å². The van der Waals surface area contributed by atoms with E-state index in [-0.39, 0.29) is 10.6 Å². The molecule has 35 heavy (non-hydrogen) atoms. The van der Waals surface area contributed by atoms with Gasteiger partial charge in [0.15, 0.2) is 0 Å². The van der Waals surface area contributed by atoms with Gasteiger partial charge in [0.1, 0.15) is 4.33 Å². The average Bonchev–Trinajstić information content (AvgIpc) is 3.37. The van der Waals surface area contributed by atoms with E-state index in [0.29, 0.717) is 27.0 Å². The second kappa shape index (κ2) is 10.1. The predicted octanol–water partition coefficient (Wildman–Crippen LogP) is 7.78. The van der Waals surface area contributed by atoms with Crippen molar-refractivity contribution in [2.45, 2.75) is 17.2 Å². The zero-order valence-corrected chi connectivity index (χ0v) is 22.3. The maximum absolute atomic E-state index is 13.0. The molecular weight excluding hydrogens is 552 g/mol. The van der Waals surface area contributed by atoms with Crippen LogP contribution < -0.4 is 16.0 Å². The summed E-state index contributed by atoms with van der Waals surface area (Å²) >= 11 is 31.3. The minimum Gasteiger partial charge on any atom is -0.388 e. The monoisotopic (exact) mass is 569 g/mol. The summed E-state index contributed by atoms with van der Waals surface area (Å²) in [4.78, 5) is 26.0. The van der Waals surface area contributed by atoms with Crippen molar-refractivity contribution in [1.29, 1.82) is 0 Å². The first-order valence-electron chi connectivity index (χ1n) is 10.5. The van der Waals surface area contributed by atoms with Gasteiger partial charge < -0.3 is 16.0 Å². The van der Waals surface area contributed by atoms with Crippen LogP contribution in [0.5, 0.6) is 0 Å². The predicted molar refractivity (Wildman–Crippen MR) is 146 cm³/mol. The lowest BCUT2D eigenvalue weighted by Crippen LogP contribution is -2.18. The molecule has 0 heterocycles. The van der Waals surface area contributed by atoms with E-state index in [1.54, 1.807) is 36.4 Å². The fourth-order valence-electron chi connectivity index (χ4n) is 3.97. The zero-order valence-electron chi connectivity index (χ0n) is 18.6. The van der Waals surface area contributed by atoms with Crippen LogP contribution in [0.1, 0.15) is 27.4 Å². The van der Waals surface area contributed by atoms with Crippen LogP contribution in [-0.2, 0) is 4.79 Å². The van der Waals surface area contributed by atoms with Gasteiger partial charge in [0.2, 0.25) is 5.91 Å². The van der Waals surface area contributed by atoms with Crippen molar-refractivity contribution in [3.8, 4) is 0 Å². The summed E-state index contributed by atoms with van der Waals surface area (Å²) < 4.78 is -1.32. The molecule has 0 spiro atoms. The molecule has 0 saturated heterocycles. The van der Waals surface area contributed by atoms with Crippen molar-refractivity contribution >= 4 is 86.9 Å². The fraction of sp³-hybridized carbons (Fsp3) is 0.200. The second-order valence-corrected chi connectivity index (χ2v) is 11.0. The van der Waals surface area contributed by atoms with Gasteiger partial charge in [-0.05, 0) is 72.6 Å². The number of hydrogen-bond donors (Lipinski definition) is 3. The van der Waals surface area contributed by atoms with E-state index in [2.05, 4.69) is 16.0 Å². The minimum absolute atomic E-state index is 0.207. The van der Waals surface area contributed by atoms with E-state index in [4.69, 9.17) is 58.0 Å². The number of carbonyl (C=O) groups is 2. The van der Waals surface area contributed by atoms with Crippen LogP contribution in [-0.4, -0.2) is 23.2 Å². The van der Waals surface area contributed by atoms with Crippen molar-refractivity contribution in [3.63, 3.8) is 0 Å². The summed E-state index contributed by atoms with van der Waals surface area (Å²) in [6.45, 7) is 1.89. The Morgan fingerprint density at radius 2 is 1.51 bits per heavy atom. The molecular formula is C25H20Cl5N3O2. The Hall–Kier alpha value is -2.15. The summed E-state index contributed by atoms with van der Waals surface area (Å²) in [5.74, 6) is -2.03. The van der Waals surface area contributed by atoms with E-state index >= 15 is 0 Å². The molecule has 0 aliphatic heterocycles. The average molecular weight is 572 g/mol. The largest absolute Gasteiger partial charge is 0.388 e. The Bertz CT molecular complexity index is 1310. The topological polar surface area (TPSA) is 70.2 Å². The molecule has 1 fully saturated rings. The molecule has 2 unspecified atom stereocenters. The third-order valence-electron chi connectivity index (χ3n) is 5.82. The van der Waals surface area contributed by atoms with Crippen LogP contribution >= 0.6 is 58.0 Å². The Kier molecular flexibility index (Phi) is 7.46. The highest BCUT2D eigenvalue weighted by atomic mass is 35.5. The third kappa shape index (κ3) is 5.50. The number of halogens is 5. The van der Waals surface area contributed by atoms with Crippen LogP contribution in [0.15, 0.2) is 54.6 Å². The first-order valence-corrected chi connectivity index (χ1v) is 12.4. The lowest BCUT2D eigenvalue weighted by atomic mass is 10.1. The number of amides is 2. The van der Waals surface area contributed by atoms with E-state index in [1.807, 2.05) is 26.1 Å². The summed E-state index contributed by atoms with van der Waals surface area (Å²) in [6.07, 6.45) is 0. The molecule has 2 atom stereocenters. The van der Waals surface area contributed by atoms with Crippen LogP contribution in [0.4, 0.5) is 17.1 Å². The molecule has 3 aromatic rings. The molecule has 182 valence electrons. The number of aryl methyl sites for hydroxylation is 1. The quantitative estimate of drug-likeness (QED) is 0.265. The second-order valence-electron chi connectivity index (χ2n) is 8.25. The van der Waals surface area contributed by atoms with Crippen molar-refractivity contribution in [2.24, 2.45) is 5.92 Å². The zero-order chi connectivity index (χ0) is 25.5. The lowest BCUT2D eigenvalue weighted by molar-refractivity contribution is -0.117. The first kappa shape index (κ1) is 25.9. The van der Waals surface area contributed by atoms with Crippen molar-refractivity contribution in [3.05, 3.63) is 86.4 Å². The number of rotatable bonds is 6. The normalized spacial score (nSPS) is 18.0. The molecule has 0 radical (unpaired) electrons. The van der Waals surface area contributed by atoms with Gasteiger partial charge in [-0.1, -0.05) is 34.8 Å². The van der Waals surface area contributed by atoms with E-state index in [1.165, 1.54) is 6.07 Å². The summed E-state index contributed by atoms with van der Waals surface area (Å²) in [6, 6.07) is 15.2. The highest BCUT2D eigenvalue weighted by molar-refractivity contribution is 6.53. The van der Waals surface area contributed by atoms with E-state index in [9.17, 15) is 9.59 Å². The van der Waals surface area contributed by atoms with Gasteiger partial charge in [0.05, 0.1) is 16.5 Å². The van der Waals surface area contributed by atoms with Crippen LogP contribution in [0.3, 0.4) is 0 Å². The van der Waals surface area contributed by atoms with Crippen LogP contribution in [0.2, 0.25) is 15.1 Å². The molecule has 0 aromatic heterocycles. The van der Waals surface area contributed by atoms with Crippen molar-refractivity contribution < 1.29 is 9.59 Å². The lowest BCUT2D eigenvalue weighted by Gasteiger charge is -2.12. The Labute approximate surface area is 228 Å². The highest BCUT2D eigenvalue weighted by Gasteiger charge is 2.67. The molecule has 1 aliphatic carbocycles. The Morgan fingerprint density at radius 3 is 2.14 bits per heavy atom. The fourth-order valence-corrected chi connectivity index (χ4v) is 5.54. The first-order chi connectivity index (χ1) is 16.5. The van der Waals surface area contributed by atoms with Gasteiger partial charge in [-0.3, -0.25) is 9.59 Å². The van der Waals surface area contributed by atoms with E-state index in [0.717, 1.165) is 11.3 Å². The number of nitrogens with one attached hydrogen (secondary N) is 3. The van der Waals surface area contributed by atoms with Gasteiger partial charge in [0, 0.05) is 40.1 Å². The molecule has 5 nitrogen and oxygen atoms in total. The number of benzene rings is 3. The third-order valence-corrected chi connectivity index (χ3v) is 7.53. The summed E-state index contributed by atoms with van der Waals surface area (Å²) in [5.41, 5.74) is 3.71. The smallest absolute Gasteiger partial charge is 0.257 e. The standard InChI is InChI=1S/C25H20Cl5N3O2/c1-12-7-16(31-2)4-6-20(12)33-23(34)18-11-17(3-5-19(18)28)32-24(35)22-21(25(22,29)30)13-8-14(26)10-15(27)9-13/h3-11,21-22,31H,1-2H3,(H,32,35)(H,33,34).